The van der Waals surface area contributed by atoms with Crippen LogP contribution >= 0.6 is 27.7 Å². The molecule has 1 aliphatic carbocycles. The zero-order valence-electron chi connectivity index (χ0n) is 14.3. The third-order valence-corrected chi connectivity index (χ3v) is 6.18. The second-order valence-electron chi connectivity index (χ2n) is 6.64. The number of hydrogen-bond acceptors (Lipinski definition) is 3. The minimum absolute atomic E-state index is 0.0868. The van der Waals surface area contributed by atoms with Gasteiger partial charge in [-0.3, -0.25) is 4.79 Å². The zero-order chi connectivity index (χ0) is 17.9. The lowest BCUT2D eigenvalue weighted by molar-refractivity contribution is -0.115. The van der Waals surface area contributed by atoms with E-state index < -0.39 is 0 Å². The van der Waals surface area contributed by atoms with Crippen molar-refractivity contribution >= 4 is 50.5 Å². The fraction of sp³-hybridized carbons (Fsp3) is 0.300. The molecule has 1 aromatic heterocycles. The number of amidine groups is 1. The van der Waals surface area contributed by atoms with Crippen LogP contribution in [0.4, 0.5) is 5.69 Å². The number of aliphatic imine (C=N–C) groups is 1. The highest BCUT2D eigenvalue weighted by Crippen LogP contribution is 2.31. The molecule has 0 radical (unpaired) electrons. The topological polar surface area (TPSA) is 46.4 Å². The molecule has 1 aromatic carbocycles. The quantitative estimate of drug-likeness (QED) is 0.640. The van der Waals surface area contributed by atoms with Gasteiger partial charge in [0.1, 0.15) is 0 Å². The lowest BCUT2D eigenvalue weighted by atomic mass is 9.95. The number of carbonyl (C=O) groups is 1. The number of rotatable bonds is 3. The molecule has 134 valence electrons. The molecule has 1 N–H and O–H groups in total. The van der Waals surface area contributed by atoms with Crippen molar-refractivity contribution in [1.82, 2.24) is 9.88 Å². The Hall–Kier alpha value is -1.79. The van der Waals surface area contributed by atoms with Gasteiger partial charge in [-0.15, -0.1) is 0 Å². The van der Waals surface area contributed by atoms with Gasteiger partial charge in [0.2, 0.25) is 0 Å². The average molecular weight is 430 g/mol. The van der Waals surface area contributed by atoms with Crippen molar-refractivity contribution in [2.24, 2.45) is 4.99 Å². The highest BCUT2D eigenvalue weighted by molar-refractivity contribution is 9.10. The zero-order valence-corrected chi connectivity index (χ0v) is 16.7. The van der Waals surface area contributed by atoms with Gasteiger partial charge < -0.3 is 9.88 Å². The summed E-state index contributed by atoms with van der Waals surface area (Å²) in [5.74, 6) is -0.0868. The number of thioether (sulfide) groups is 1. The largest absolute Gasteiger partial charge is 0.351 e. The van der Waals surface area contributed by atoms with Crippen LogP contribution in [0.15, 0.2) is 57.1 Å². The smallest absolute Gasteiger partial charge is 0.264 e. The summed E-state index contributed by atoms with van der Waals surface area (Å²) in [6.45, 7) is 0. The maximum absolute atomic E-state index is 12.2. The lowest BCUT2D eigenvalue weighted by Gasteiger charge is -2.23. The van der Waals surface area contributed by atoms with Crippen LogP contribution in [0.5, 0.6) is 0 Å². The Morgan fingerprint density at radius 2 is 1.92 bits per heavy atom. The van der Waals surface area contributed by atoms with Gasteiger partial charge in [-0.1, -0.05) is 35.2 Å². The summed E-state index contributed by atoms with van der Waals surface area (Å²) < 4.78 is 3.31. The molecule has 0 unspecified atom stereocenters. The molecule has 6 heteroatoms. The molecular formula is C20H20BrN3OS. The first-order valence-corrected chi connectivity index (χ1v) is 10.5. The summed E-state index contributed by atoms with van der Waals surface area (Å²) in [5, 5.41) is 3.47. The lowest BCUT2D eigenvalue weighted by Crippen LogP contribution is -2.19. The van der Waals surface area contributed by atoms with Crippen molar-refractivity contribution in [1.29, 1.82) is 0 Å². The Bertz CT molecular complexity index is 863. The van der Waals surface area contributed by atoms with Gasteiger partial charge in [0.05, 0.1) is 10.6 Å². The number of carbonyl (C=O) groups excluding carboxylic acids is 1. The third-order valence-electron chi connectivity index (χ3n) is 4.74. The number of hydrogen-bond donors (Lipinski definition) is 1. The monoisotopic (exact) mass is 429 g/mol. The molecule has 0 spiro atoms. The van der Waals surface area contributed by atoms with E-state index in [2.05, 4.69) is 49.3 Å². The van der Waals surface area contributed by atoms with Crippen LogP contribution in [-0.4, -0.2) is 15.6 Å². The normalized spacial score (nSPS) is 21.5. The molecule has 2 fully saturated rings. The summed E-state index contributed by atoms with van der Waals surface area (Å²) in [6, 6.07) is 10.4. The van der Waals surface area contributed by atoms with Gasteiger partial charge in [-0.2, -0.15) is 0 Å². The SMILES string of the molecule is O=C1NC(=Nc2ccc(Br)cc2)S/C1=C/c1ccn(C2CCCCC2)c1. The first-order chi connectivity index (χ1) is 12.7. The van der Waals surface area contributed by atoms with E-state index in [1.54, 1.807) is 0 Å². The van der Waals surface area contributed by atoms with Crippen LogP contribution in [-0.2, 0) is 4.79 Å². The molecule has 1 amide bonds. The van der Waals surface area contributed by atoms with Crippen LogP contribution < -0.4 is 5.32 Å². The fourth-order valence-electron chi connectivity index (χ4n) is 3.39. The molecule has 0 bridgehead atoms. The second-order valence-corrected chi connectivity index (χ2v) is 8.59. The van der Waals surface area contributed by atoms with Gasteiger partial charge >= 0.3 is 0 Å². The first-order valence-electron chi connectivity index (χ1n) is 8.90. The standard InChI is InChI=1S/C20H20BrN3OS/c21-15-6-8-16(9-7-15)22-20-23-19(25)18(26-20)12-14-10-11-24(13-14)17-4-2-1-3-5-17/h6-13,17H,1-5H2,(H,22,23,25)/b18-12+. The summed E-state index contributed by atoms with van der Waals surface area (Å²) in [4.78, 5) is 17.4. The van der Waals surface area contributed by atoms with Gasteiger partial charge in [0.15, 0.2) is 5.17 Å². The maximum atomic E-state index is 12.2. The predicted molar refractivity (Wildman–Crippen MR) is 112 cm³/mol. The van der Waals surface area contributed by atoms with Crippen LogP contribution in [0.3, 0.4) is 0 Å². The number of nitrogens with zero attached hydrogens (tertiary/aromatic N) is 2. The number of halogens is 1. The predicted octanol–water partition coefficient (Wildman–Crippen LogP) is 5.65. The molecule has 4 rings (SSSR count). The molecule has 4 nitrogen and oxygen atoms in total. The number of benzene rings is 1. The summed E-state index contributed by atoms with van der Waals surface area (Å²) in [7, 11) is 0. The van der Waals surface area contributed by atoms with E-state index in [0.29, 0.717) is 16.1 Å². The van der Waals surface area contributed by atoms with E-state index in [1.807, 2.05) is 30.3 Å². The van der Waals surface area contributed by atoms with Crippen molar-refractivity contribution in [2.45, 2.75) is 38.1 Å². The molecule has 1 saturated carbocycles. The van der Waals surface area contributed by atoms with Crippen molar-refractivity contribution in [3.63, 3.8) is 0 Å². The van der Waals surface area contributed by atoms with Gasteiger partial charge in [0, 0.05) is 22.9 Å². The molecule has 2 aliphatic rings. The highest BCUT2D eigenvalue weighted by Gasteiger charge is 2.24. The van der Waals surface area contributed by atoms with E-state index in [0.717, 1.165) is 15.7 Å². The van der Waals surface area contributed by atoms with Crippen LogP contribution in [0.25, 0.3) is 6.08 Å². The summed E-state index contributed by atoms with van der Waals surface area (Å²) >= 11 is 4.80. The number of nitrogens with one attached hydrogen (secondary N) is 1. The summed E-state index contributed by atoms with van der Waals surface area (Å²) in [6.07, 6.45) is 12.7. The molecular weight excluding hydrogens is 410 g/mol. The van der Waals surface area contributed by atoms with Crippen molar-refractivity contribution < 1.29 is 4.79 Å². The molecule has 1 aliphatic heterocycles. The van der Waals surface area contributed by atoms with E-state index in [1.165, 1.54) is 43.9 Å². The van der Waals surface area contributed by atoms with Gasteiger partial charge in [-0.25, -0.2) is 4.99 Å². The van der Waals surface area contributed by atoms with E-state index in [4.69, 9.17) is 0 Å². The van der Waals surface area contributed by atoms with Crippen molar-refractivity contribution in [2.75, 3.05) is 0 Å². The molecule has 0 atom stereocenters. The van der Waals surface area contributed by atoms with E-state index in [9.17, 15) is 4.79 Å². The van der Waals surface area contributed by atoms with Gasteiger partial charge in [-0.05, 0) is 66.6 Å². The Morgan fingerprint density at radius 1 is 1.15 bits per heavy atom. The highest BCUT2D eigenvalue weighted by atomic mass is 79.9. The Morgan fingerprint density at radius 3 is 2.69 bits per heavy atom. The third kappa shape index (κ3) is 4.13. The minimum Gasteiger partial charge on any atom is -0.351 e. The maximum Gasteiger partial charge on any atom is 0.264 e. The van der Waals surface area contributed by atoms with E-state index >= 15 is 0 Å². The second kappa shape index (κ2) is 7.84. The Labute approximate surface area is 165 Å². The molecule has 26 heavy (non-hydrogen) atoms. The minimum atomic E-state index is -0.0868. The van der Waals surface area contributed by atoms with E-state index in [-0.39, 0.29) is 5.91 Å². The number of amides is 1. The van der Waals surface area contributed by atoms with Crippen LogP contribution in [0.2, 0.25) is 0 Å². The van der Waals surface area contributed by atoms with Gasteiger partial charge in [0.25, 0.3) is 5.91 Å². The van der Waals surface area contributed by atoms with Crippen molar-refractivity contribution in [3.8, 4) is 0 Å². The average Bonchev–Trinajstić information content (AvgIpc) is 3.25. The summed E-state index contributed by atoms with van der Waals surface area (Å²) in [5.41, 5.74) is 1.89. The Kier molecular flexibility index (Phi) is 5.31. The number of aromatic nitrogens is 1. The molecule has 2 heterocycles. The first kappa shape index (κ1) is 17.6. The van der Waals surface area contributed by atoms with Crippen LogP contribution in [0.1, 0.15) is 43.7 Å². The fourth-order valence-corrected chi connectivity index (χ4v) is 4.49. The van der Waals surface area contributed by atoms with Crippen LogP contribution in [0, 0.1) is 0 Å². The molecule has 2 aromatic rings. The van der Waals surface area contributed by atoms with Crippen molar-refractivity contribution in [3.05, 3.63) is 57.7 Å². The molecule has 1 saturated heterocycles. The Balaban J connectivity index is 1.48.